The standard InChI is InChI=1S/C8H14NOPS/c1-4-8-5-6-10-11(12,7-8)9(2)3/h1,8H,5-7H2,2-3H3. The molecule has 1 heterocycles. The van der Waals surface area contributed by atoms with E-state index in [2.05, 4.69) is 5.92 Å². The quantitative estimate of drug-likeness (QED) is 0.473. The SMILES string of the molecule is C#CC1CCOP(=S)(N(C)C)C1. The Labute approximate surface area is 79.4 Å². The maximum absolute atomic E-state index is 5.62. The van der Waals surface area contributed by atoms with E-state index in [9.17, 15) is 0 Å². The van der Waals surface area contributed by atoms with Crippen molar-refractivity contribution >= 4 is 18.2 Å². The summed E-state index contributed by atoms with van der Waals surface area (Å²) in [5.74, 6) is 3.09. The Morgan fingerprint density at radius 3 is 2.83 bits per heavy atom. The summed E-state index contributed by atoms with van der Waals surface area (Å²) in [5.41, 5.74) is 0. The second kappa shape index (κ2) is 3.89. The Kier molecular flexibility index (Phi) is 3.31. The lowest BCUT2D eigenvalue weighted by atomic mass is 10.1. The maximum atomic E-state index is 5.62. The van der Waals surface area contributed by atoms with Crippen LogP contribution in [0.5, 0.6) is 0 Å². The van der Waals surface area contributed by atoms with Gasteiger partial charge in [0.25, 0.3) is 0 Å². The van der Waals surface area contributed by atoms with Gasteiger partial charge in [-0.3, -0.25) is 4.67 Å². The fraction of sp³-hybridized carbons (Fsp3) is 0.750. The van der Waals surface area contributed by atoms with Crippen LogP contribution in [0.1, 0.15) is 6.42 Å². The van der Waals surface area contributed by atoms with Crippen molar-refractivity contribution in [1.29, 1.82) is 0 Å². The third-order valence-corrected chi connectivity index (χ3v) is 6.51. The maximum Gasteiger partial charge on any atom is 0.132 e. The molecular formula is C8H14NOPS. The smallest absolute Gasteiger partial charge is 0.132 e. The van der Waals surface area contributed by atoms with E-state index in [4.69, 9.17) is 22.8 Å². The van der Waals surface area contributed by atoms with Crippen LogP contribution in [-0.4, -0.2) is 31.5 Å². The van der Waals surface area contributed by atoms with Crippen molar-refractivity contribution in [2.45, 2.75) is 6.42 Å². The van der Waals surface area contributed by atoms with Gasteiger partial charge in [0.05, 0.1) is 6.61 Å². The first-order valence-electron chi connectivity index (χ1n) is 3.96. The summed E-state index contributed by atoms with van der Waals surface area (Å²) in [5, 5.41) is 0. The molecule has 12 heavy (non-hydrogen) atoms. The predicted octanol–water partition coefficient (Wildman–Crippen LogP) is 1.53. The van der Waals surface area contributed by atoms with Gasteiger partial charge in [0, 0.05) is 12.1 Å². The van der Waals surface area contributed by atoms with Crippen LogP contribution in [-0.2, 0) is 16.3 Å². The molecule has 0 N–H and O–H groups in total. The first-order valence-corrected chi connectivity index (χ1v) is 6.82. The van der Waals surface area contributed by atoms with Crippen molar-refractivity contribution in [2.75, 3.05) is 26.9 Å². The van der Waals surface area contributed by atoms with E-state index < -0.39 is 6.42 Å². The molecule has 2 atom stereocenters. The number of nitrogens with zero attached hydrogens (tertiary/aromatic N) is 1. The zero-order valence-corrected chi connectivity index (χ0v) is 9.20. The Morgan fingerprint density at radius 2 is 2.33 bits per heavy atom. The Hall–Kier alpha value is 0.130. The fourth-order valence-electron chi connectivity index (χ4n) is 1.17. The zero-order valence-electron chi connectivity index (χ0n) is 7.49. The van der Waals surface area contributed by atoms with Gasteiger partial charge >= 0.3 is 0 Å². The van der Waals surface area contributed by atoms with Crippen molar-refractivity contribution in [3.63, 3.8) is 0 Å². The lowest BCUT2D eigenvalue weighted by Crippen LogP contribution is -2.23. The van der Waals surface area contributed by atoms with E-state index in [0.717, 1.165) is 19.2 Å². The molecule has 1 fully saturated rings. The minimum Gasteiger partial charge on any atom is -0.338 e. The van der Waals surface area contributed by atoms with Crippen molar-refractivity contribution < 1.29 is 4.52 Å². The third-order valence-electron chi connectivity index (χ3n) is 2.06. The van der Waals surface area contributed by atoms with Gasteiger partial charge in [-0.2, -0.15) is 0 Å². The molecule has 0 aromatic rings. The zero-order chi connectivity index (χ0) is 9.19. The molecule has 4 heteroatoms. The van der Waals surface area contributed by atoms with E-state index in [1.165, 1.54) is 0 Å². The Morgan fingerprint density at radius 1 is 1.67 bits per heavy atom. The van der Waals surface area contributed by atoms with Gasteiger partial charge in [0.2, 0.25) is 0 Å². The summed E-state index contributed by atoms with van der Waals surface area (Å²) in [6.45, 7) is 0.727. The molecule has 1 aliphatic rings. The molecule has 0 amide bonds. The van der Waals surface area contributed by atoms with Crippen molar-refractivity contribution in [1.82, 2.24) is 4.67 Å². The normalized spacial score (nSPS) is 36.3. The molecule has 0 saturated carbocycles. The van der Waals surface area contributed by atoms with E-state index in [-0.39, 0.29) is 0 Å². The second-order valence-electron chi connectivity index (χ2n) is 3.15. The van der Waals surface area contributed by atoms with E-state index in [1.54, 1.807) is 0 Å². The highest BCUT2D eigenvalue weighted by Gasteiger charge is 2.29. The molecule has 2 nitrogen and oxygen atoms in total. The molecule has 68 valence electrons. The highest BCUT2D eigenvalue weighted by molar-refractivity contribution is 8.11. The van der Waals surface area contributed by atoms with Gasteiger partial charge in [-0.05, 0) is 20.5 Å². The lowest BCUT2D eigenvalue weighted by molar-refractivity contribution is 0.279. The number of hydrogen-bond acceptors (Lipinski definition) is 2. The van der Waals surface area contributed by atoms with Gasteiger partial charge < -0.3 is 4.52 Å². The summed E-state index contributed by atoms with van der Waals surface area (Å²) in [4.78, 5) is 0. The highest BCUT2D eigenvalue weighted by Crippen LogP contribution is 2.53. The summed E-state index contributed by atoms with van der Waals surface area (Å²) in [6.07, 6.45) is 5.47. The molecule has 2 unspecified atom stereocenters. The minimum atomic E-state index is -1.73. The summed E-state index contributed by atoms with van der Waals surface area (Å²) < 4.78 is 7.63. The topological polar surface area (TPSA) is 12.5 Å². The van der Waals surface area contributed by atoms with Gasteiger partial charge in [-0.25, -0.2) is 0 Å². The highest BCUT2D eigenvalue weighted by atomic mass is 32.4. The second-order valence-corrected chi connectivity index (χ2v) is 7.56. The van der Waals surface area contributed by atoms with Gasteiger partial charge in [-0.15, -0.1) is 12.3 Å². The average Bonchev–Trinajstić information content (AvgIpc) is 2.04. The molecule has 0 aliphatic carbocycles. The molecule has 1 saturated heterocycles. The molecule has 0 aromatic heterocycles. The molecule has 0 spiro atoms. The monoisotopic (exact) mass is 203 g/mol. The van der Waals surface area contributed by atoms with Crippen LogP contribution in [0.15, 0.2) is 0 Å². The van der Waals surface area contributed by atoms with Crippen molar-refractivity contribution in [3.05, 3.63) is 0 Å². The van der Waals surface area contributed by atoms with Crippen LogP contribution in [0.2, 0.25) is 0 Å². The van der Waals surface area contributed by atoms with Crippen LogP contribution < -0.4 is 0 Å². The minimum absolute atomic E-state index is 0.326. The van der Waals surface area contributed by atoms with Crippen LogP contribution in [0.25, 0.3) is 0 Å². The summed E-state index contributed by atoms with van der Waals surface area (Å²) in [7, 11) is 3.94. The molecule has 0 radical (unpaired) electrons. The number of terminal acetylenes is 1. The third kappa shape index (κ3) is 2.08. The Bertz CT molecular complexity index is 246. The fourth-order valence-corrected chi connectivity index (χ4v) is 3.84. The average molecular weight is 203 g/mol. The van der Waals surface area contributed by atoms with Crippen molar-refractivity contribution in [3.8, 4) is 12.3 Å². The first-order chi connectivity index (χ1) is 5.58. The van der Waals surface area contributed by atoms with Gasteiger partial charge in [0.15, 0.2) is 0 Å². The van der Waals surface area contributed by atoms with Gasteiger partial charge in [0.1, 0.15) is 6.42 Å². The first kappa shape index (κ1) is 10.2. The Balaban J connectivity index is 2.69. The molecule has 1 aliphatic heterocycles. The molecule has 1 rings (SSSR count). The van der Waals surface area contributed by atoms with E-state index in [1.807, 2.05) is 18.8 Å². The summed E-state index contributed by atoms with van der Waals surface area (Å²) >= 11 is 5.44. The largest absolute Gasteiger partial charge is 0.338 e. The molecule has 0 bridgehead atoms. The van der Waals surface area contributed by atoms with Crippen LogP contribution in [0, 0.1) is 18.3 Å². The number of rotatable bonds is 1. The molecular weight excluding hydrogens is 189 g/mol. The van der Waals surface area contributed by atoms with E-state index >= 15 is 0 Å². The summed E-state index contributed by atoms with van der Waals surface area (Å²) in [6, 6.07) is 0. The van der Waals surface area contributed by atoms with Crippen LogP contribution in [0.4, 0.5) is 0 Å². The molecule has 0 aromatic carbocycles. The predicted molar refractivity (Wildman–Crippen MR) is 55.7 cm³/mol. The van der Waals surface area contributed by atoms with Crippen LogP contribution >= 0.6 is 6.42 Å². The van der Waals surface area contributed by atoms with Crippen LogP contribution in [0.3, 0.4) is 0 Å². The van der Waals surface area contributed by atoms with Crippen molar-refractivity contribution in [2.24, 2.45) is 5.92 Å². The number of hydrogen-bond donors (Lipinski definition) is 0. The lowest BCUT2D eigenvalue weighted by Gasteiger charge is -2.34. The van der Waals surface area contributed by atoms with E-state index in [0.29, 0.717) is 5.92 Å². The van der Waals surface area contributed by atoms with Gasteiger partial charge in [-0.1, -0.05) is 11.8 Å².